The van der Waals surface area contributed by atoms with E-state index < -0.39 is 0 Å². The Morgan fingerprint density at radius 2 is 1.89 bits per heavy atom. The maximum atomic E-state index is 5.90. The van der Waals surface area contributed by atoms with Gasteiger partial charge in [0.1, 0.15) is 5.15 Å². The average molecular weight is 283 g/mol. The molecule has 4 nitrogen and oxygen atoms in total. The molecule has 1 aromatic rings. The van der Waals surface area contributed by atoms with Crippen LogP contribution in [0.15, 0.2) is 12.1 Å². The minimum atomic E-state index is 0.0200. The third-order valence-corrected chi connectivity index (χ3v) is 4.15. The topological polar surface area (TPSA) is 34.6 Å². The van der Waals surface area contributed by atoms with E-state index in [1.54, 1.807) is 0 Å². The molecule has 0 amide bonds. The van der Waals surface area contributed by atoms with Crippen LogP contribution in [0.5, 0.6) is 0 Å². The van der Waals surface area contributed by atoms with E-state index in [9.17, 15) is 0 Å². The molecule has 19 heavy (non-hydrogen) atoms. The molecule has 0 spiro atoms. The standard InChI is InChI=1S/C14H19ClN2O2/c1-10-12(2-3-13(15)16-10)17-6-4-11(5-7-17)14-18-8-9-19-14/h2-3,11,14H,4-9H2,1H3. The molecule has 104 valence electrons. The fourth-order valence-corrected chi connectivity index (χ4v) is 3.11. The summed E-state index contributed by atoms with van der Waals surface area (Å²) >= 11 is 5.90. The van der Waals surface area contributed by atoms with E-state index in [-0.39, 0.29) is 6.29 Å². The fourth-order valence-electron chi connectivity index (χ4n) is 2.92. The van der Waals surface area contributed by atoms with Gasteiger partial charge in [-0.2, -0.15) is 0 Å². The van der Waals surface area contributed by atoms with E-state index in [0.29, 0.717) is 11.1 Å². The molecule has 0 N–H and O–H groups in total. The van der Waals surface area contributed by atoms with Gasteiger partial charge in [-0.3, -0.25) is 0 Å². The third-order valence-electron chi connectivity index (χ3n) is 3.94. The maximum Gasteiger partial charge on any atom is 0.160 e. The number of rotatable bonds is 2. The number of aromatic nitrogens is 1. The molecule has 2 aliphatic rings. The van der Waals surface area contributed by atoms with Crippen LogP contribution >= 0.6 is 11.6 Å². The van der Waals surface area contributed by atoms with Crippen molar-refractivity contribution in [2.75, 3.05) is 31.2 Å². The Morgan fingerprint density at radius 1 is 1.21 bits per heavy atom. The first kappa shape index (κ1) is 13.2. The zero-order valence-electron chi connectivity index (χ0n) is 11.1. The summed E-state index contributed by atoms with van der Waals surface area (Å²) in [6, 6.07) is 3.92. The van der Waals surface area contributed by atoms with Gasteiger partial charge in [-0.1, -0.05) is 11.6 Å². The molecule has 0 radical (unpaired) electrons. The van der Waals surface area contributed by atoms with Gasteiger partial charge in [-0.05, 0) is 31.9 Å². The van der Waals surface area contributed by atoms with Crippen molar-refractivity contribution >= 4 is 17.3 Å². The number of piperidine rings is 1. The number of hydrogen-bond acceptors (Lipinski definition) is 4. The quantitative estimate of drug-likeness (QED) is 0.781. The second-order valence-electron chi connectivity index (χ2n) is 5.17. The van der Waals surface area contributed by atoms with E-state index in [1.165, 1.54) is 5.69 Å². The predicted molar refractivity (Wildman–Crippen MR) is 74.6 cm³/mol. The van der Waals surface area contributed by atoms with Crippen LogP contribution in [0, 0.1) is 12.8 Å². The number of anilines is 1. The van der Waals surface area contributed by atoms with E-state index in [4.69, 9.17) is 21.1 Å². The van der Waals surface area contributed by atoms with Gasteiger partial charge in [0.15, 0.2) is 6.29 Å². The highest BCUT2D eigenvalue weighted by molar-refractivity contribution is 6.29. The number of halogens is 1. The summed E-state index contributed by atoms with van der Waals surface area (Å²) < 4.78 is 11.2. The van der Waals surface area contributed by atoms with E-state index in [0.717, 1.165) is 44.8 Å². The molecule has 0 bridgehead atoms. The van der Waals surface area contributed by atoms with E-state index in [1.807, 2.05) is 13.0 Å². The second-order valence-corrected chi connectivity index (χ2v) is 5.56. The highest BCUT2D eigenvalue weighted by Crippen LogP contribution is 2.30. The maximum absolute atomic E-state index is 5.90. The van der Waals surface area contributed by atoms with Crippen molar-refractivity contribution in [2.24, 2.45) is 5.92 Å². The Hall–Kier alpha value is -0.840. The minimum absolute atomic E-state index is 0.0200. The van der Waals surface area contributed by atoms with Gasteiger partial charge >= 0.3 is 0 Å². The summed E-state index contributed by atoms with van der Waals surface area (Å²) in [5, 5.41) is 0.559. The zero-order chi connectivity index (χ0) is 13.2. The van der Waals surface area contributed by atoms with E-state index >= 15 is 0 Å². The molecule has 2 aliphatic heterocycles. The molecule has 3 heterocycles. The van der Waals surface area contributed by atoms with Gasteiger partial charge in [0.25, 0.3) is 0 Å². The second kappa shape index (κ2) is 5.65. The highest BCUT2D eigenvalue weighted by atomic mass is 35.5. The lowest BCUT2D eigenvalue weighted by Crippen LogP contribution is -2.38. The lowest BCUT2D eigenvalue weighted by Gasteiger charge is -2.35. The molecular weight excluding hydrogens is 264 g/mol. The Balaban J connectivity index is 1.63. The molecule has 0 aliphatic carbocycles. The molecule has 1 aromatic heterocycles. The number of nitrogens with zero attached hydrogens (tertiary/aromatic N) is 2. The van der Waals surface area contributed by atoms with Crippen LogP contribution in [-0.2, 0) is 9.47 Å². The summed E-state index contributed by atoms with van der Waals surface area (Å²) in [6.45, 7) is 5.54. The fraction of sp³-hybridized carbons (Fsp3) is 0.643. The van der Waals surface area contributed by atoms with Crippen LogP contribution in [0.2, 0.25) is 5.15 Å². The molecule has 0 unspecified atom stereocenters. The number of pyridine rings is 1. The first-order valence-electron chi connectivity index (χ1n) is 6.85. The van der Waals surface area contributed by atoms with Gasteiger partial charge < -0.3 is 14.4 Å². The molecule has 2 saturated heterocycles. The van der Waals surface area contributed by atoms with Gasteiger partial charge in [-0.15, -0.1) is 0 Å². The number of hydrogen-bond donors (Lipinski definition) is 0. The summed E-state index contributed by atoms with van der Waals surface area (Å²) in [7, 11) is 0. The summed E-state index contributed by atoms with van der Waals surface area (Å²) in [5.74, 6) is 0.527. The van der Waals surface area contributed by atoms with Crippen LogP contribution < -0.4 is 4.90 Å². The van der Waals surface area contributed by atoms with Crippen LogP contribution in [-0.4, -0.2) is 37.6 Å². The van der Waals surface area contributed by atoms with Crippen molar-refractivity contribution in [3.63, 3.8) is 0 Å². The van der Waals surface area contributed by atoms with Crippen LogP contribution in [0.25, 0.3) is 0 Å². The molecule has 0 atom stereocenters. The Bertz CT molecular complexity index is 441. The van der Waals surface area contributed by atoms with E-state index in [2.05, 4.69) is 16.0 Å². The largest absolute Gasteiger partial charge is 0.370 e. The van der Waals surface area contributed by atoms with Crippen molar-refractivity contribution in [3.05, 3.63) is 23.0 Å². The highest BCUT2D eigenvalue weighted by Gasteiger charge is 2.30. The van der Waals surface area contributed by atoms with Crippen molar-refractivity contribution < 1.29 is 9.47 Å². The third kappa shape index (κ3) is 2.86. The van der Waals surface area contributed by atoms with Crippen LogP contribution in [0.3, 0.4) is 0 Å². The first-order chi connectivity index (χ1) is 9.24. The summed E-state index contributed by atoms with van der Waals surface area (Å²) in [4.78, 5) is 6.70. The Labute approximate surface area is 118 Å². The predicted octanol–water partition coefficient (Wildman–Crippen LogP) is 2.63. The minimum Gasteiger partial charge on any atom is -0.370 e. The van der Waals surface area contributed by atoms with Gasteiger partial charge in [0.2, 0.25) is 0 Å². The SMILES string of the molecule is Cc1nc(Cl)ccc1N1CCC(C2OCCO2)CC1. The monoisotopic (exact) mass is 282 g/mol. The molecule has 0 saturated carbocycles. The smallest absolute Gasteiger partial charge is 0.160 e. The van der Waals surface area contributed by atoms with Crippen molar-refractivity contribution in [2.45, 2.75) is 26.1 Å². The summed E-state index contributed by atoms with van der Waals surface area (Å²) in [6.07, 6.45) is 2.23. The molecule has 2 fully saturated rings. The van der Waals surface area contributed by atoms with Crippen molar-refractivity contribution in [1.82, 2.24) is 4.98 Å². The van der Waals surface area contributed by atoms with Crippen LogP contribution in [0.4, 0.5) is 5.69 Å². The van der Waals surface area contributed by atoms with Gasteiger partial charge in [0.05, 0.1) is 24.6 Å². The average Bonchev–Trinajstić information content (AvgIpc) is 2.93. The lowest BCUT2D eigenvalue weighted by atomic mass is 9.95. The normalized spacial score (nSPS) is 22.1. The number of aryl methyl sites for hydroxylation is 1. The Morgan fingerprint density at radius 3 is 2.53 bits per heavy atom. The first-order valence-corrected chi connectivity index (χ1v) is 7.23. The molecule has 5 heteroatoms. The molecular formula is C14H19ClN2O2. The molecule has 0 aromatic carbocycles. The van der Waals surface area contributed by atoms with Crippen molar-refractivity contribution in [3.8, 4) is 0 Å². The Kier molecular flexibility index (Phi) is 3.91. The lowest BCUT2D eigenvalue weighted by molar-refractivity contribution is -0.0889. The zero-order valence-corrected chi connectivity index (χ0v) is 11.9. The number of ether oxygens (including phenoxy) is 2. The summed E-state index contributed by atoms with van der Waals surface area (Å²) in [5.41, 5.74) is 2.19. The van der Waals surface area contributed by atoms with Gasteiger partial charge in [0, 0.05) is 19.0 Å². The van der Waals surface area contributed by atoms with Crippen LogP contribution in [0.1, 0.15) is 18.5 Å². The molecule has 3 rings (SSSR count). The van der Waals surface area contributed by atoms with Gasteiger partial charge in [-0.25, -0.2) is 4.98 Å². The van der Waals surface area contributed by atoms with Crippen molar-refractivity contribution in [1.29, 1.82) is 0 Å².